The van der Waals surface area contributed by atoms with Crippen LogP contribution in [0.1, 0.15) is 18.1 Å². The molecule has 0 radical (unpaired) electrons. The highest BCUT2D eigenvalue weighted by Crippen LogP contribution is 2.19. The molecule has 1 unspecified atom stereocenters. The van der Waals surface area contributed by atoms with Gasteiger partial charge in [-0.3, -0.25) is 4.79 Å². The van der Waals surface area contributed by atoms with Gasteiger partial charge in [-0.05, 0) is 31.9 Å². The molecule has 1 atom stereocenters. The molecule has 0 aromatic heterocycles. The third-order valence-electron chi connectivity index (χ3n) is 2.11. The zero-order valence-electron chi connectivity index (χ0n) is 8.66. The quantitative estimate of drug-likeness (QED) is 0.749. The minimum atomic E-state index is -0.978. The van der Waals surface area contributed by atoms with Crippen LogP contribution >= 0.6 is 0 Å². The Kier molecular flexibility index (Phi) is 3.25. The lowest BCUT2D eigenvalue weighted by atomic mass is 10.1. The van der Waals surface area contributed by atoms with Gasteiger partial charge < -0.3 is 10.4 Å². The predicted octanol–water partition coefficient (Wildman–Crippen LogP) is 1.62. The van der Waals surface area contributed by atoms with Gasteiger partial charge in [0.1, 0.15) is 6.10 Å². The maximum atomic E-state index is 11.3. The molecule has 0 saturated heterocycles. The Morgan fingerprint density at radius 3 is 2.29 bits per heavy atom. The Labute approximate surface area is 83.8 Å². The van der Waals surface area contributed by atoms with Gasteiger partial charge in [-0.15, -0.1) is 0 Å². The Hall–Kier alpha value is -1.35. The molecule has 3 nitrogen and oxygen atoms in total. The van der Waals surface area contributed by atoms with Crippen LogP contribution in [0.4, 0.5) is 5.69 Å². The average Bonchev–Trinajstić information content (AvgIpc) is 2.11. The molecule has 0 saturated carbocycles. The molecule has 0 aliphatic carbocycles. The van der Waals surface area contributed by atoms with Crippen LogP contribution in [-0.2, 0) is 4.79 Å². The van der Waals surface area contributed by atoms with Crippen LogP contribution in [0.15, 0.2) is 18.2 Å². The van der Waals surface area contributed by atoms with Crippen LogP contribution < -0.4 is 5.32 Å². The molecule has 14 heavy (non-hydrogen) atoms. The van der Waals surface area contributed by atoms with Crippen molar-refractivity contribution in [3.63, 3.8) is 0 Å². The summed E-state index contributed by atoms with van der Waals surface area (Å²) in [4.78, 5) is 11.3. The first-order valence-electron chi connectivity index (χ1n) is 4.57. The van der Waals surface area contributed by atoms with Gasteiger partial charge in [-0.25, -0.2) is 0 Å². The van der Waals surface area contributed by atoms with E-state index < -0.39 is 6.10 Å². The summed E-state index contributed by atoms with van der Waals surface area (Å²) in [5.74, 6) is -0.373. The average molecular weight is 193 g/mol. The minimum Gasteiger partial charge on any atom is -0.384 e. The number of hydrogen-bond acceptors (Lipinski definition) is 2. The molecule has 0 bridgehead atoms. The number of amides is 1. The number of hydrogen-bond donors (Lipinski definition) is 2. The third kappa shape index (κ3) is 2.33. The number of para-hydroxylation sites is 1. The van der Waals surface area contributed by atoms with Crippen molar-refractivity contribution in [2.45, 2.75) is 26.9 Å². The summed E-state index contributed by atoms with van der Waals surface area (Å²) >= 11 is 0. The van der Waals surface area contributed by atoms with Crippen LogP contribution in [0.2, 0.25) is 0 Å². The molecule has 1 aromatic carbocycles. The summed E-state index contributed by atoms with van der Waals surface area (Å²) in [6.45, 7) is 5.29. The van der Waals surface area contributed by atoms with E-state index in [-0.39, 0.29) is 5.91 Å². The third-order valence-corrected chi connectivity index (χ3v) is 2.11. The number of nitrogens with one attached hydrogen (secondary N) is 1. The number of carbonyl (C=O) groups excluding carboxylic acids is 1. The van der Waals surface area contributed by atoms with Gasteiger partial charge in [-0.2, -0.15) is 0 Å². The van der Waals surface area contributed by atoms with Crippen LogP contribution in [0.5, 0.6) is 0 Å². The van der Waals surface area contributed by atoms with E-state index in [0.29, 0.717) is 0 Å². The van der Waals surface area contributed by atoms with E-state index in [0.717, 1.165) is 16.8 Å². The number of aliphatic hydroxyl groups excluding tert-OH is 1. The molecule has 0 aliphatic heterocycles. The van der Waals surface area contributed by atoms with Crippen molar-refractivity contribution in [1.82, 2.24) is 0 Å². The van der Waals surface area contributed by atoms with Crippen LogP contribution in [0, 0.1) is 13.8 Å². The van der Waals surface area contributed by atoms with Gasteiger partial charge in [0.25, 0.3) is 5.91 Å². The molecule has 0 aliphatic rings. The second kappa shape index (κ2) is 4.24. The van der Waals surface area contributed by atoms with E-state index >= 15 is 0 Å². The number of carbonyl (C=O) groups is 1. The molecule has 1 amide bonds. The molecule has 2 N–H and O–H groups in total. The van der Waals surface area contributed by atoms with Crippen molar-refractivity contribution in [1.29, 1.82) is 0 Å². The van der Waals surface area contributed by atoms with E-state index in [4.69, 9.17) is 5.11 Å². The van der Waals surface area contributed by atoms with Gasteiger partial charge in [0.15, 0.2) is 0 Å². The highest BCUT2D eigenvalue weighted by atomic mass is 16.3. The van der Waals surface area contributed by atoms with Crippen molar-refractivity contribution in [3.05, 3.63) is 29.3 Å². The molecule has 0 spiro atoms. The Morgan fingerprint density at radius 1 is 1.36 bits per heavy atom. The monoisotopic (exact) mass is 193 g/mol. The molecular formula is C11H15NO2. The predicted molar refractivity (Wildman–Crippen MR) is 56.2 cm³/mol. The largest absolute Gasteiger partial charge is 0.384 e. The first kappa shape index (κ1) is 10.7. The fraction of sp³-hybridized carbons (Fsp3) is 0.364. The van der Waals surface area contributed by atoms with Gasteiger partial charge in [0.2, 0.25) is 0 Å². The number of rotatable bonds is 2. The fourth-order valence-corrected chi connectivity index (χ4v) is 1.24. The summed E-state index contributed by atoms with van der Waals surface area (Å²) in [5.41, 5.74) is 2.79. The second-order valence-corrected chi connectivity index (χ2v) is 3.43. The van der Waals surface area contributed by atoms with Gasteiger partial charge in [0.05, 0.1) is 0 Å². The van der Waals surface area contributed by atoms with E-state index in [1.807, 2.05) is 32.0 Å². The van der Waals surface area contributed by atoms with E-state index in [1.54, 1.807) is 0 Å². The lowest BCUT2D eigenvalue weighted by molar-refractivity contribution is -0.123. The summed E-state index contributed by atoms with van der Waals surface area (Å²) in [7, 11) is 0. The molecular weight excluding hydrogens is 178 g/mol. The molecule has 0 fully saturated rings. The number of benzene rings is 1. The normalized spacial score (nSPS) is 12.3. The van der Waals surface area contributed by atoms with Crippen molar-refractivity contribution in [2.24, 2.45) is 0 Å². The maximum Gasteiger partial charge on any atom is 0.252 e. The fourth-order valence-electron chi connectivity index (χ4n) is 1.24. The van der Waals surface area contributed by atoms with Crippen LogP contribution in [0.3, 0.4) is 0 Å². The standard InChI is InChI=1S/C11H15NO2/c1-7-5-4-6-8(2)10(7)12-11(14)9(3)13/h4-6,9,13H,1-3H3,(H,12,14). The minimum absolute atomic E-state index is 0.373. The van der Waals surface area contributed by atoms with E-state index in [1.165, 1.54) is 6.92 Å². The number of aliphatic hydroxyl groups is 1. The van der Waals surface area contributed by atoms with Crippen molar-refractivity contribution in [3.8, 4) is 0 Å². The molecule has 1 rings (SSSR count). The van der Waals surface area contributed by atoms with Crippen LogP contribution in [0.25, 0.3) is 0 Å². The highest BCUT2D eigenvalue weighted by Gasteiger charge is 2.11. The number of anilines is 1. The van der Waals surface area contributed by atoms with Crippen molar-refractivity contribution in [2.75, 3.05) is 5.32 Å². The zero-order chi connectivity index (χ0) is 10.7. The topological polar surface area (TPSA) is 49.3 Å². The summed E-state index contributed by atoms with van der Waals surface area (Å²) < 4.78 is 0. The molecule has 3 heteroatoms. The van der Waals surface area contributed by atoms with Gasteiger partial charge >= 0.3 is 0 Å². The Bertz CT molecular complexity index is 325. The van der Waals surface area contributed by atoms with Gasteiger partial charge in [0, 0.05) is 5.69 Å². The zero-order valence-corrected chi connectivity index (χ0v) is 8.66. The summed E-state index contributed by atoms with van der Waals surface area (Å²) in [5, 5.41) is 11.7. The lowest BCUT2D eigenvalue weighted by Gasteiger charge is -2.12. The first-order chi connectivity index (χ1) is 6.52. The van der Waals surface area contributed by atoms with Gasteiger partial charge in [-0.1, -0.05) is 18.2 Å². The van der Waals surface area contributed by atoms with E-state index in [9.17, 15) is 4.79 Å². The smallest absolute Gasteiger partial charge is 0.252 e. The van der Waals surface area contributed by atoms with Crippen molar-refractivity contribution >= 4 is 11.6 Å². The van der Waals surface area contributed by atoms with Crippen LogP contribution in [-0.4, -0.2) is 17.1 Å². The maximum absolute atomic E-state index is 11.3. The molecule has 76 valence electrons. The Balaban J connectivity index is 2.91. The second-order valence-electron chi connectivity index (χ2n) is 3.43. The highest BCUT2D eigenvalue weighted by molar-refractivity contribution is 5.95. The van der Waals surface area contributed by atoms with E-state index in [2.05, 4.69) is 5.32 Å². The van der Waals surface area contributed by atoms with Crippen molar-refractivity contribution < 1.29 is 9.90 Å². The lowest BCUT2D eigenvalue weighted by Crippen LogP contribution is -2.25. The Morgan fingerprint density at radius 2 is 1.86 bits per heavy atom. The number of aryl methyl sites for hydroxylation is 2. The molecule has 0 heterocycles. The molecule has 1 aromatic rings. The summed E-state index contributed by atoms with van der Waals surface area (Å²) in [6.07, 6.45) is -0.978. The first-order valence-corrected chi connectivity index (χ1v) is 4.57. The summed E-state index contributed by atoms with van der Waals surface area (Å²) in [6, 6.07) is 5.78. The SMILES string of the molecule is Cc1cccc(C)c1NC(=O)C(C)O.